The Labute approximate surface area is 200 Å². The summed E-state index contributed by atoms with van der Waals surface area (Å²) >= 11 is 3.51. The molecule has 7 nitrogen and oxygen atoms in total. The van der Waals surface area contributed by atoms with Crippen LogP contribution in [-0.4, -0.2) is 35.9 Å². The lowest BCUT2D eigenvalue weighted by molar-refractivity contribution is -0.132. The van der Waals surface area contributed by atoms with Gasteiger partial charge in [-0.2, -0.15) is 0 Å². The average molecular weight is 513 g/mol. The number of carbonyl (C=O) groups is 3. The normalized spacial score (nSPS) is 18.4. The molecular weight excluding hydrogens is 488 g/mol. The van der Waals surface area contributed by atoms with Crippen molar-refractivity contribution in [2.75, 3.05) is 7.11 Å². The lowest BCUT2D eigenvalue weighted by atomic mass is 9.93. The third kappa shape index (κ3) is 5.11. The zero-order valence-corrected chi connectivity index (χ0v) is 19.9. The summed E-state index contributed by atoms with van der Waals surface area (Å²) < 4.78 is 12.1. The van der Waals surface area contributed by atoms with Gasteiger partial charge in [0.25, 0.3) is 11.8 Å². The van der Waals surface area contributed by atoms with E-state index in [4.69, 9.17) is 9.47 Å². The van der Waals surface area contributed by atoms with E-state index in [1.807, 2.05) is 30.3 Å². The number of imide groups is 2. The van der Waals surface area contributed by atoms with Gasteiger partial charge in [-0.25, -0.2) is 4.79 Å². The minimum Gasteiger partial charge on any atom is -0.493 e. The third-order valence-electron chi connectivity index (χ3n) is 5.86. The Bertz CT molecular complexity index is 1090. The van der Waals surface area contributed by atoms with Crippen LogP contribution in [-0.2, 0) is 16.2 Å². The van der Waals surface area contributed by atoms with E-state index in [1.165, 1.54) is 18.1 Å². The van der Waals surface area contributed by atoms with Crippen LogP contribution in [0.25, 0.3) is 6.08 Å². The van der Waals surface area contributed by atoms with Crippen LogP contribution in [0.1, 0.15) is 43.2 Å². The van der Waals surface area contributed by atoms with Crippen LogP contribution in [0.15, 0.2) is 52.5 Å². The number of methoxy groups -OCH3 is 1. The van der Waals surface area contributed by atoms with E-state index in [0.29, 0.717) is 28.1 Å². The third-order valence-corrected chi connectivity index (χ3v) is 6.45. The van der Waals surface area contributed by atoms with Gasteiger partial charge in [-0.05, 0) is 58.1 Å². The first kappa shape index (κ1) is 23.0. The van der Waals surface area contributed by atoms with Gasteiger partial charge < -0.3 is 9.47 Å². The van der Waals surface area contributed by atoms with Gasteiger partial charge in [-0.15, -0.1) is 0 Å². The van der Waals surface area contributed by atoms with Crippen molar-refractivity contribution in [3.05, 3.63) is 63.6 Å². The lowest BCUT2D eigenvalue weighted by Gasteiger charge is -2.35. The van der Waals surface area contributed by atoms with E-state index in [2.05, 4.69) is 21.2 Å². The predicted octanol–water partition coefficient (Wildman–Crippen LogP) is 4.83. The number of ether oxygens (including phenoxy) is 2. The molecule has 4 amide bonds. The molecule has 1 heterocycles. The molecule has 0 radical (unpaired) electrons. The molecule has 1 aliphatic carbocycles. The van der Waals surface area contributed by atoms with Gasteiger partial charge in [0.05, 0.1) is 11.6 Å². The summed E-state index contributed by atoms with van der Waals surface area (Å²) in [5.74, 6) is -0.287. The maximum Gasteiger partial charge on any atom is 0.331 e. The summed E-state index contributed by atoms with van der Waals surface area (Å²) in [5.41, 5.74) is 1.50. The highest BCUT2D eigenvalue weighted by atomic mass is 79.9. The van der Waals surface area contributed by atoms with Crippen LogP contribution >= 0.6 is 15.9 Å². The van der Waals surface area contributed by atoms with Crippen molar-refractivity contribution in [3.8, 4) is 11.5 Å². The van der Waals surface area contributed by atoms with Crippen molar-refractivity contribution in [3.63, 3.8) is 0 Å². The summed E-state index contributed by atoms with van der Waals surface area (Å²) in [4.78, 5) is 39.2. The second-order valence-corrected chi connectivity index (χ2v) is 8.95. The highest BCUT2D eigenvalue weighted by Crippen LogP contribution is 2.38. The molecule has 1 saturated heterocycles. The standard InChI is InChI=1S/C25H25BrN2O5/c1-32-21-14-17(13-20(26)22(21)33-15-16-8-4-2-5-9-16)12-19-23(29)27-25(31)28(24(19)30)18-10-6-3-7-11-18/h2,4-5,8-9,12-14,18H,3,6-7,10-11,15H2,1H3,(H,27,29,31). The Kier molecular flexibility index (Phi) is 7.13. The summed E-state index contributed by atoms with van der Waals surface area (Å²) in [6, 6.07) is 12.4. The molecule has 0 bridgehead atoms. The minimum absolute atomic E-state index is 0.0768. The SMILES string of the molecule is COc1cc(C=C2C(=O)NC(=O)N(C3CCCCC3)C2=O)cc(Br)c1OCc1ccccc1. The number of hydrogen-bond donors (Lipinski definition) is 1. The molecule has 0 unspecified atom stereocenters. The fourth-order valence-electron chi connectivity index (χ4n) is 4.20. The molecule has 0 atom stereocenters. The van der Waals surface area contributed by atoms with Crippen molar-refractivity contribution in [2.24, 2.45) is 0 Å². The van der Waals surface area contributed by atoms with Crippen LogP contribution < -0.4 is 14.8 Å². The second kappa shape index (κ2) is 10.2. The number of barbiturate groups is 1. The second-order valence-electron chi connectivity index (χ2n) is 8.09. The average Bonchev–Trinajstić information content (AvgIpc) is 2.82. The molecule has 0 aromatic heterocycles. The summed E-state index contributed by atoms with van der Waals surface area (Å²) in [7, 11) is 1.52. The molecule has 172 valence electrons. The van der Waals surface area contributed by atoms with Crippen molar-refractivity contribution >= 4 is 39.9 Å². The molecule has 2 fully saturated rings. The summed E-state index contributed by atoms with van der Waals surface area (Å²) in [5, 5.41) is 2.31. The van der Waals surface area contributed by atoms with E-state index < -0.39 is 17.8 Å². The molecule has 8 heteroatoms. The quantitative estimate of drug-likeness (QED) is 0.442. The maximum atomic E-state index is 13.1. The van der Waals surface area contributed by atoms with Gasteiger partial charge in [0.2, 0.25) is 0 Å². The lowest BCUT2D eigenvalue weighted by Crippen LogP contribution is -2.58. The zero-order chi connectivity index (χ0) is 23.4. The molecule has 1 N–H and O–H groups in total. The van der Waals surface area contributed by atoms with Crippen LogP contribution in [0, 0.1) is 0 Å². The van der Waals surface area contributed by atoms with E-state index in [1.54, 1.807) is 12.1 Å². The van der Waals surface area contributed by atoms with E-state index in [9.17, 15) is 14.4 Å². The zero-order valence-electron chi connectivity index (χ0n) is 18.3. The number of nitrogens with one attached hydrogen (secondary N) is 1. The summed E-state index contributed by atoms with van der Waals surface area (Å²) in [6.45, 7) is 0.357. The van der Waals surface area contributed by atoms with Crippen molar-refractivity contribution in [1.29, 1.82) is 0 Å². The fraction of sp³-hybridized carbons (Fsp3) is 0.320. The molecule has 1 aliphatic heterocycles. The first-order valence-corrected chi connectivity index (χ1v) is 11.7. The number of benzene rings is 2. The van der Waals surface area contributed by atoms with Gasteiger partial charge in [0, 0.05) is 6.04 Å². The molecule has 0 spiro atoms. The fourth-order valence-corrected chi connectivity index (χ4v) is 4.78. The van der Waals surface area contributed by atoms with E-state index in [0.717, 1.165) is 37.7 Å². The number of urea groups is 1. The van der Waals surface area contributed by atoms with Gasteiger partial charge in [0.15, 0.2) is 11.5 Å². The molecule has 4 rings (SSSR count). The van der Waals surface area contributed by atoms with E-state index in [-0.39, 0.29) is 11.6 Å². The van der Waals surface area contributed by atoms with Crippen molar-refractivity contribution in [1.82, 2.24) is 10.2 Å². The Balaban J connectivity index is 1.60. The monoisotopic (exact) mass is 512 g/mol. The Morgan fingerprint density at radius 2 is 1.82 bits per heavy atom. The molecule has 2 aromatic carbocycles. The molecule has 1 saturated carbocycles. The Morgan fingerprint density at radius 1 is 1.09 bits per heavy atom. The number of amides is 4. The maximum absolute atomic E-state index is 13.1. The van der Waals surface area contributed by atoms with E-state index >= 15 is 0 Å². The van der Waals surface area contributed by atoms with Crippen LogP contribution in [0.5, 0.6) is 11.5 Å². The van der Waals surface area contributed by atoms with Gasteiger partial charge in [-0.3, -0.25) is 19.8 Å². The predicted molar refractivity (Wildman–Crippen MR) is 127 cm³/mol. The first-order chi connectivity index (χ1) is 16.0. The molecule has 2 aliphatic rings. The van der Waals surface area contributed by atoms with Crippen LogP contribution in [0.3, 0.4) is 0 Å². The van der Waals surface area contributed by atoms with Crippen LogP contribution in [0.2, 0.25) is 0 Å². The number of rotatable bonds is 6. The largest absolute Gasteiger partial charge is 0.493 e. The first-order valence-electron chi connectivity index (χ1n) is 10.9. The number of halogens is 1. The highest BCUT2D eigenvalue weighted by Gasteiger charge is 2.40. The summed E-state index contributed by atoms with van der Waals surface area (Å²) in [6.07, 6.45) is 6.01. The van der Waals surface area contributed by atoms with Crippen LogP contribution in [0.4, 0.5) is 4.79 Å². The highest BCUT2D eigenvalue weighted by molar-refractivity contribution is 9.10. The molecule has 33 heavy (non-hydrogen) atoms. The van der Waals surface area contributed by atoms with Gasteiger partial charge in [0.1, 0.15) is 12.2 Å². The molecular formula is C25H25BrN2O5. The van der Waals surface area contributed by atoms with Gasteiger partial charge >= 0.3 is 6.03 Å². The number of nitrogens with zero attached hydrogens (tertiary/aromatic N) is 1. The van der Waals surface area contributed by atoms with Gasteiger partial charge in [-0.1, -0.05) is 49.6 Å². The Morgan fingerprint density at radius 3 is 2.52 bits per heavy atom. The minimum atomic E-state index is -0.698. The smallest absolute Gasteiger partial charge is 0.331 e. The number of hydrogen-bond acceptors (Lipinski definition) is 5. The molecule has 2 aromatic rings. The topological polar surface area (TPSA) is 84.9 Å². The van der Waals surface area contributed by atoms with Crippen molar-refractivity contribution < 1.29 is 23.9 Å². The Hall–Kier alpha value is -3.13. The number of carbonyl (C=O) groups excluding carboxylic acids is 3. The van der Waals surface area contributed by atoms with Crippen molar-refractivity contribution in [2.45, 2.75) is 44.8 Å².